The Hall–Kier alpha value is -2.64. The normalized spacial score (nSPS) is 20.0. The molecule has 2 aromatic rings. The van der Waals surface area contributed by atoms with Gasteiger partial charge in [0.25, 0.3) is 0 Å². The van der Waals surface area contributed by atoms with E-state index in [-0.39, 0.29) is 0 Å². The lowest BCUT2D eigenvalue weighted by atomic mass is 9.98. The fraction of sp³-hybridized carbons (Fsp3) is 0.312. The molecule has 0 fully saturated rings. The van der Waals surface area contributed by atoms with Crippen LogP contribution in [-0.2, 0) is 0 Å². The van der Waals surface area contributed by atoms with Gasteiger partial charge in [-0.3, -0.25) is 0 Å². The average molecular weight is 449 g/mol. The Morgan fingerprint density at radius 2 is 1.58 bits per heavy atom. The minimum atomic E-state index is -2.14. The van der Waals surface area contributed by atoms with E-state index < -0.39 is 8.07 Å². The second-order valence-electron chi connectivity index (χ2n) is 9.76. The third-order valence-corrected chi connectivity index (χ3v) is 13.1. The standard InChI is InChI=1S/C32H36Si/c1-2-3-4-5-6-14-25-33(28-17-8-7-9-18-28,31-23-21-26-15-10-12-19-29(26)31)32-24-22-27-16-11-13-20-30(27)32/h7-13,15-23,26H,2-6,14,24-25H2,1H3. The molecule has 2 atom stereocenters. The van der Waals surface area contributed by atoms with Crippen molar-refractivity contribution in [2.24, 2.45) is 5.92 Å². The van der Waals surface area contributed by atoms with Crippen molar-refractivity contribution in [3.63, 3.8) is 0 Å². The van der Waals surface area contributed by atoms with Crippen molar-refractivity contribution in [1.29, 1.82) is 0 Å². The summed E-state index contributed by atoms with van der Waals surface area (Å²) in [5.74, 6) is 0.450. The van der Waals surface area contributed by atoms with Crippen LogP contribution in [0.3, 0.4) is 0 Å². The lowest BCUT2D eigenvalue weighted by molar-refractivity contribution is 0.623. The summed E-state index contributed by atoms with van der Waals surface area (Å²) in [5.41, 5.74) is 1.55. The molecule has 5 rings (SSSR count). The number of benzene rings is 2. The van der Waals surface area contributed by atoms with E-state index in [1.54, 1.807) is 21.2 Å². The number of hydrogen-bond donors (Lipinski definition) is 0. The zero-order chi connectivity index (χ0) is 22.5. The van der Waals surface area contributed by atoms with Gasteiger partial charge in [-0.15, -0.1) is 0 Å². The molecule has 0 nitrogen and oxygen atoms in total. The smallest absolute Gasteiger partial charge is 0.0733 e. The topological polar surface area (TPSA) is 0 Å². The van der Waals surface area contributed by atoms with Gasteiger partial charge in [-0.05, 0) is 38.9 Å². The Morgan fingerprint density at radius 3 is 2.45 bits per heavy atom. The van der Waals surface area contributed by atoms with Crippen molar-refractivity contribution in [3.8, 4) is 0 Å². The first-order chi connectivity index (χ1) is 16.3. The first-order valence-electron chi connectivity index (χ1n) is 13.0. The highest BCUT2D eigenvalue weighted by molar-refractivity contribution is 7.10. The maximum absolute atomic E-state index is 2.52. The quantitative estimate of drug-likeness (QED) is 0.290. The summed E-state index contributed by atoms with van der Waals surface area (Å²) in [6, 6.07) is 22.0. The molecule has 3 aliphatic rings. The summed E-state index contributed by atoms with van der Waals surface area (Å²) in [5, 5.41) is 7.93. The van der Waals surface area contributed by atoms with Crippen LogP contribution in [0, 0.1) is 5.92 Å². The van der Waals surface area contributed by atoms with E-state index in [9.17, 15) is 0 Å². The van der Waals surface area contributed by atoms with Crippen LogP contribution in [0.15, 0.2) is 102 Å². The SMILES string of the molecule is CCCCCCCC[Si](C1=C2C=CC=CC2C=C1)(C1=c2ccccc2=CC1)c1ccccc1. The Balaban J connectivity index is 1.67. The molecule has 168 valence electrons. The summed E-state index contributed by atoms with van der Waals surface area (Å²) >= 11 is 0. The Morgan fingerprint density at radius 1 is 0.788 bits per heavy atom. The van der Waals surface area contributed by atoms with Crippen LogP contribution >= 0.6 is 0 Å². The molecule has 0 aliphatic heterocycles. The molecule has 33 heavy (non-hydrogen) atoms. The third-order valence-electron chi connectivity index (χ3n) is 7.80. The van der Waals surface area contributed by atoms with E-state index in [4.69, 9.17) is 0 Å². The van der Waals surface area contributed by atoms with Gasteiger partial charge in [0.05, 0.1) is 0 Å². The summed E-state index contributed by atoms with van der Waals surface area (Å²) < 4.78 is 0. The number of rotatable bonds is 10. The molecule has 0 N–H and O–H groups in total. The predicted molar refractivity (Wildman–Crippen MR) is 146 cm³/mol. The van der Waals surface area contributed by atoms with Crippen LogP contribution in [0.25, 0.3) is 11.3 Å². The fourth-order valence-corrected chi connectivity index (χ4v) is 11.8. The minimum Gasteiger partial charge on any atom is -0.0733 e. The molecule has 0 aromatic heterocycles. The molecular formula is C32H36Si. The van der Waals surface area contributed by atoms with Crippen LogP contribution < -0.4 is 15.6 Å². The molecule has 2 aromatic carbocycles. The largest absolute Gasteiger partial charge is 0.145 e. The third kappa shape index (κ3) is 4.20. The molecule has 0 bridgehead atoms. The van der Waals surface area contributed by atoms with Crippen LogP contribution in [0.1, 0.15) is 51.9 Å². The van der Waals surface area contributed by atoms with Gasteiger partial charge >= 0.3 is 0 Å². The van der Waals surface area contributed by atoms with E-state index in [2.05, 4.69) is 104 Å². The lowest BCUT2D eigenvalue weighted by Crippen LogP contribution is -2.53. The van der Waals surface area contributed by atoms with Gasteiger partial charge in [-0.2, -0.15) is 0 Å². The van der Waals surface area contributed by atoms with Crippen molar-refractivity contribution in [2.45, 2.75) is 57.9 Å². The summed E-state index contributed by atoms with van der Waals surface area (Å²) in [6.07, 6.45) is 25.9. The molecule has 2 unspecified atom stereocenters. The van der Waals surface area contributed by atoms with Crippen LogP contribution in [0.2, 0.25) is 6.04 Å². The van der Waals surface area contributed by atoms with Crippen molar-refractivity contribution in [2.75, 3.05) is 0 Å². The Bertz CT molecular complexity index is 1220. The summed E-state index contributed by atoms with van der Waals surface area (Å²) in [6.45, 7) is 2.31. The molecule has 0 heterocycles. The molecule has 3 aliphatic carbocycles. The van der Waals surface area contributed by atoms with Gasteiger partial charge in [-0.25, -0.2) is 0 Å². The first kappa shape index (κ1) is 22.2. The number of unbranched alkanes of at least 4 members (excludes halogenated alkanes) is 5. The van der Waals surface area contributed by atoms with Crippen molar-refractivity contribution in [1.82, 2.24) is 0 Å². The van der Waals surface area contributed by atoms with Crippen molar-refractivity contribution < 1.29 is 0 Å². The van der Waals surface area contributed by atoms with Crippen LogP contribution in [0.5, 0.6) is 0 Å². The number of allylic oxidation sites excluding steroid dienone is 8. The van der Waals surface area contributed by atoms with Gasteiger partial charge in [0.15, 0.2) is 0 Å². The van der Waals surface area contributed by atoms with E-state index >= 15 is 0 Å². The van der Waals surface area contributed by atoms with E-state index in [1.807, 2.05) is 0 Å². The van der Waals surface area contributed by atoms with Crippen molar-refractivity contribution >= 4 is 24.5 Å². The van der Waals surface area contributed by atoms with Crippen LogP contribution in [-0.4, -0.2) is 8.07 Å². The maximum atomic E-state index is 2.52. The zero-order valence-corrected chi connectivity index (χ0v) is 21.0. The van der Waals surface area contributed by atoms with Gasteiger partial charge < -0.3 is 0 Å². The Kier molecular flexibility index (Phi) is 6.78. The van der Waals surface area contributed by atoms with Crippen molar-refractivity contribution in [3.05, 3.63) is 112 Å². The maximum Gasteiger partial charge on any atom is 0.145 e. The molecule has 0 saturated heterocycles. The minimum absolute atomic E-state index is 0.450. The van der Waals surface area contributed by atoms with Crippen LogP contribution in [0.4, 0.5) is 0 Å². The molecule has 0 radical (unpaired) electrons. The van der Waals surface area contributed by atoms with Gasteiger partial charge in [-0.1, -0.05) is 148 Å². The zero-order valence-electron chi connectivity index (χ0n) is 20.0. The second-order valence-corrected chi connectivity index (χ2v) is 13.8. The molecular weight excluding hydrogens is 412 g/mol. The molecule has 0 amide bonds. The second kappa shape index (κ2) is 10.1. The first-order valence-corrected chi connectivity index (χ1v) is 15.2. The Labute approximate surface area is 200 Å². The highest BCUT2D eigenvalue weighted by Crippen LogP contribution is 2.42. The number of fused-ring (bicyclic) bond motifs is 2. The monoisotopic (exact) mass is 448 g/mol. The van der Waals surface area contributed by atoms with Gasteiger partial charge in [0.2, 0.25) is 0 Å². The van der Waals surface area contributed by atoms with E-state index in [0.29, 0.717) is 5.92 Å². The van der Waals surface area contributed by atoms with E-state index in [1.165, 1.54) is 55.0 Å². The average Bonchev–Trinajstić information content (AvgIpc) is 3.50. The lowest BCUT2D eigenvalue weighted by Gasteiger charge is -2.37. The molecule has 0 spiro atoms. The highest BCUT2D eigenvalue weighted by Gasteiger charge is 2.44. The van der Waals surface area contributed by atoms with Gasteiger partial charge in [0.1, 0.15) is 8.07 Å². The fourth-order valence-electron chi connectivity index (χ4n) is 6.17. The molecule has 0 saturated carbocycles. The molecule has 1 heteroatoms. The predicted octanol–water partition coefficient (Wildman–Crippen LogP) is 6.43. The number of hydrogen-bond acceptors (Lipinski definition) is 0. The summed E-state index contributed by atoms with van der Waals surface area (Å²) in [7, 11) is -2.14. The summed E-state index contributed by atoms with van der Waals surface area (Å²) in [4.78, 5) is 0. The van der Waals surface area contributed by atoms with E-state index in [0.717, 1.165) is 6.42 Å². The highest BCUT2D eigenvalue weighted by atomic mass is 28.3. The van der Waals surface area contributed by atoms with Gasteiger partial charge in [0, 0.05) is 5.92 Å².